The van der Waals surface area contributed by atoms with E-state index in [0.717, 1.165) is 16.1 Å². The minimum Gasteiger partial charge on any atom is -0.325 e. The van der Waals surface area contributed by atoms with E-state index in [4.69, 9.17) is 11.6 Å². The summed E-state index contributed by atoms with van der Waals surface area (Å²) in [6.45, 7) is 6.06. The van der Waals surface area contributed by atoms with Crippen molar-refractivity contribution in [3.05, 3.63) is 58.1 Å². The van der Waals surface area contributed by atoms with Crippen LogP contribution in [0.5, 0.6) is 0 Å². The number of nitrogens with one attached hydrogen (secondary N) is 1. The maximum absolute atomic E-state index is 12.0. The van der Waals surface area contributed by atoms with E-state index in [-0.39, 0.29) is 5.91 Å². The number of halogens is 1. The monoisotopic (exact) mass is 319 g/mol. The molecule has 0 aliphatic carbocycles. The van der Waals surface area contributed by atoms with Gasteiger partial charge in [0.1, 0.15) is 0 Å². The molecule has 2 rings (SSSR count). The van der Waals surface area contributed by atoms with Crippen LogP contribution in [0.2, 0.25) is 5.02 Å². The van der Waals surface area contributed by atoms with Gasteiger partial charge in [-0.25, -0.2) is 0 Å². The second-order valence-electron chi connectivity index (χ2n) is 5.00. The van der Waals surface area contributed by atoms with Gasteiger partial charge in [0, 0.05) is 15.6 Å². The second kappa shape index (κ2) is 7.01. The maximum atomic E-state index is 12.0. The van der Waals surface area contributed by atoms with Gasteiger partial charge in [-0.3, -0.25) is 4.79 Å². The van der Waals surface area contributed by atoms with E-state index in [1.807, 2.05) is 31.2 Å². The Morgan fingerprint density at radius 3 is 2.62 bits per heavy atom. The first-order chi connectivity index (χ1) is 9.97. The topological polar surface area (TPSA) is 29.1 Å². The van der Waals surface area contributed by atoms with Crippen molar-refractivity contribution in [1.29, 1.82) is 0 Å². The van der Waals surface area contributed by atoms with Gasteiger partial charge in [0.05, 0.1) is 5.75 Å². The summed E-state index contributed by atoms with van der Waals surface area (Å²) in [6.07, 6.45) is 0. The minimum atomic E-state index is -0.0244. The molecule has 0 saturated carbocycles. The zero-order valence-electron chi connectivity index (χ0n) is 12.4. The van der Waals surface area contributed by atoms with Crippen molar-refractivity contribution in [1.82, 2.24) is 0 Å². The molecular weight excluding hydrogens is 302 g/mol. The summed E-state index contributed by atoms with van der Waals surface area (Å²) < 4.78 is 0. The number of amides is 1. The lowest BCUT2D eigenvalue weighted by Gasteiger charge is -2.09. The summed E-state index contributed by atoms with van der Waals surface area (Å²) >= 11 is 7.58. The number of hydrogen-bond donors (Lipinski definition) is 1. The second-order valence-corrected chi connectivity index (χ2v) is 6.45. The van der Waals surface area contributed by atoms with Crippen LogP contribution < -0.4 is 5.32 Å². The summed E-state index contributed by atoms with van der Waals surface area (Å²) in [5, 5.41) is 3.56. The van der Waals surface area contributed by atoms with Gasteiger partial charge in [0.25, 0.3) is 0 Å². The van der Waals surface area contributed by atoms with Gasteiger partial charge < -0.3 is 5.32 Å². The van der Waals surface area contributed by atoms with Crippen LogP contribution in [-0.4, -0.2) is 11.7 Å². The van der Waals surface area contributed by atoms with Crippen LogP contribution in [0.15, 0.2) is 41.3 Å². The van der Waals surface area contributed by atoms with Gasteiger partial charge in [0.2, 0.25) is 5.91 Å². The van der Waals surface area contributed by atoms with E-state index < -0.39 is 0 Å². The molecule has 0 fully saturated rings. The van der Waals surface area contributed by atoms with E-state index in [0.29, 0.717) is 10.8 Å². The Morgan fingerprint density at radius 1 is 1.14 bits per heavy atom. The number of anilines is 1. The molecule has 0 heterocycles. The SMILES string of the molecule is Cc1ccc(SCC(=O)Nc2cccc(Cl)c2C)cc1C. The fourth-order valence-electron chi connectivity index (χ4n) is 1.88. The molecule has 110 valence electrons. The lowest BCUT2D eigenvalue weighted by atomic mass is 10.1. The number of rotatable bonds is 4. The Bertz CT molecular complexity index is 670. The third-order valence-corrected chi connectivity index (χ3v) is 4.79. The molecule has 0 unspecified atom stereocenters. The highest BCUT2D eigenvalue weighted by molar-refractivity contribution is 8.00. The highest BCUT2D eigenvalue weighted by atomic mass is 35.5. The van der Waals surface area contributed by atoms with E-state index in [1.165, 1.54) is 22.9 Å². The van der Waals surface area contributed by atoms with Crippen LogP contribution in [0.3, 0.4) is 0 Å². The van der Waals surface area contributed by atoms with Crippen LogP contribution in [0.1, 0.15) is 16.7 Å². The highest BCUT2D eigenvalue weighted by Gasteiger charge is 2.07. The summed E-state index contributed by atoms with van der Waals surface area (Å²) in [6, 6.07) is 11.7. The molecule has 0 aliphatic rings. The number of aryl methyl sites for hydroxylation is 2. The average molecular weight is 320 g/mol. The smallest absolute Gasteiger partial charge is 0.234 e. The van der Waals surface area contributed by atoms with Gasteiger partial charge in [-0.05, 0) is 61.7 Å². The number of carbonyl (C=O) groups is 1. The quantitative estimate of drug-likeness (QED) is 0.804. The standard InChI is InChI=1S/C17H18ClNOS/c1-11-7-8-14(9-12(11)2)21-10-17(20)19-16-6-4-5-15(18)13(16)3/h4-9H,10H2,1-3H3,(H,19,20). The van der Waals surface area contributed by atoms with Gasteiger partial charge in [-0.2, -0.15) is 0 Å². The molecule has 0 bridgehead atoms. The van der Waals surface area contributed by atoms with E-state index >= 15 is 0 Å². The molecule has 21 heavy (non-hydrogen) atoms. The molecule has 2 aromatic carbocycles. The Labute approximate surface area is 134 Å². The number of thioether (sulfide) groups is 1. The first kappa shape index (κ1) is 15.9. The summed E-state index contributed by atoms with van der Waals surface area (Å²) in [5.74, 6) is 0.359. The molecular formula is C17H18ClNOS. The van der Waals surface area contributed by atoms with Crippen molar-refractivity contribution >= 4 is 35.0 Å². The number of hydrogen-bond acceptors (Lipinski definition) is 2. The first-order valence-electron chi connectivity index (χ1n) is 6.72. The zero-order chi connectivity index (χ0) is 15.4. The molecule has 0 saturated heterocycles. The molecule has 2 nitrogen and oxygen atoms in total. The average Bonchev–Trinajstić information content (AvgIpc) is 2.45. The third-order valence-electron chi connectivity index (χ3n) is 3.39. The van der Waals surface area contributed by atoms with Crippen molar-refractivity contribution in [2.75, 3.05) is 11.1 Å². The fraction of sp³-hybridized carbons (Fsp3) is 0.235. The van der Waals surface area contributed by atoms with E-state index in [1.54, 1.807) is 0 Å². The Kier molecular flexibility index (Phi) is 5.32. The normalized spacial score (nSPS) is 10.5. The predicted molar refractivity (Wildman–Crippen MR) is 91.5 cm³/mol. The van der Waals surface area contributed by atoms with E-state index in [2.05, 4.69) is 31.3 Å². The molecule has 1 N–H and O–H groups in total. The lowest BCUT2D eigenvalue weighted by Crippen LogP contribution is -2.14. The molecule has 0 radical (unpaired) electrons. The molecule has 2 aromatic rings. The van der Waals surface area contributed by atoms with Gasteiger partial charge in [-0.15, -0.1) is 11.8 Å². The largest absolute Gasteiger partial charge is 0.325 e. The Hall–Kier alpha value is -1.45. The molecule has 0 aromatic heterocycles. The fourth-order valence-corrected chi connectivity index (χ4v) is 2.85. The molecule has 0 atom stereocenters. The predicted octanol–water partition coefficient (Wildman–Crippen LogP) is 5.00. The van der Waals surface area contributed by atoms with Crippen LogP contribution in [0, 0.1) is 20.8 Å². The van der Waals surface area contributed by atoms with Crippen LogP contribution >= 0.6 is 23.4 Å². The molecule has 1 amide bonds. The Balaban J connectivity index is 1.96. The van der Waals surface area contributed by atoms with Gasteiger partial charge >= 0.3 is 0 Å². The molecule has 0 spiro atoms. The maximum Gasteiger partial charge on any atom is 0.234 e. The Morgan fingerprint density at radius 2 is 1.90 bits per heavy atom. The van der Waals surface area contributed by atoms with Crippen molar-refractivity contribution in [2.24, 2.45) is 0 Å². The first-order valence-corrected chi connectivity index (χ1v) is 8.09. The zero-order valence-corrected chi connectivity index (χ0v) is 13.9. The van der Waals surface area contributed by atoms with Crippen molar-refractivity contribution < 1.29 is 4.79 Å². The van der Waals surface area contributed by atoms with Crippen molar-refractivity contribution in [2.45, 2.75) is 25.7 Å². The summed E-state index contributed by atoms with van der Waals surface area (Å²) in [7, 11) is 0. The third kappa shape index (κ3) is 4.26. The molecule has 0 aliphatic heterocycles. The van der Waals surface area contributed by atoms with Crippen molar-refractivity contribution in [3.8, 4) is 0 Å². The van der Waals surface area contributed by atoms with Crippen LogP contribution in [-0.2, 0) is 4.79 Å². The van der Waals surface area contributed by atoms with Crippen LogP contribution in [0.25, 0.3) is 0 Å². The summed E-state index contributed by atoms with van der Waals surface area (Å²) in [5.41, 5.74) is 4.17. The van der Waals surface area contributed by atoms with Crippen molar-refractivity contribution in [3.63, 3.8) is 0 Å². The number of carbonyl (C=O) groups excluding carboxylic acids is 1. The van der Waals surface area contributed by atoms with Gasteiger partial charge in [0.15, 0.2) is 0 Å². The highest BCUT2D eigenvalue weighted by Crippen LogP contribution is 2.24. The molecule has 4 heteroatoms. The van der Waals surface area contributed by atoms with E-state index in [9.17, 15) is 4.79 Å². The minimum absolute atomic E-state index is 0.0244. The van der Waals surface area contributed by atoms with Gasteiger partial charge in [-0.1, -0.05) is 23.7 Å². The lowest BCUT2D eigenvalue weighted by molar-refractivity contribution is -0.113. The summed E-state index contributed by atoms with van der Waals surface area (Å²) in [4.78, 5) is 13.1. The van der Waals surface area contributed by atoms with Crippen LogP contribution in [0.4, 0.5) is 5.69 Å². The number of benzene rings is 2.